The van der Waals surface area contributed by atoms with Crippen molar-refractivity contribution < 1.29 is 13.7 Å². The first-order valence-corrected chi connectivity index (χ1v) is 6.39. The maximum Gasteiger partial charge on any atom is 0.305 e. The van der Waals surface area contributed by atoms with Gasteiger partial charge < -0.3 is 5.32 Å². The zero-order valence-corrected chi connectivity index (χ0v) is 11.3. The van der Waals surface area contributed by atoms with Crippen molar-refractivity contribution in [2.24, 2.45) is 0 Å². The van der Waals surface area contributed by atoms with Gasteiger partial charge in [-0.3, -0.25) is 10.1 Å². The molecule has 6 heteroatoms. The lowest BCUT2D eigenvalue weighted by atomic mass is 10.1. The van der Waals surface area contributed by atoms with Crippen LogP contribution < -0.4 is 5.32 Å². The summed E-state index contributed by atoms with van der Waals surface area (Å²) in [6.07, 6.45) is 0. The summed E-state index contributed by atoms with van der Waals surface area (Å²) in [5.74, 6) is -1.16. The van der Waals surface area contributed by atoms with Crippen molar-refractivity contribution in [2.45, 2.75) is 19.5 Å². The van der Waals surface area contributed by atoms with Crippen LogP contribution in [-0.2, 0) is 6.54 Å². The molecule has 0 bridgehead atoms. The minimum absolute atomic E-state index is 0.135. The lowest BCUT2D eigenvalue weighted by molar-refractivity contribution is -0.387. The highest BCUT2D eigenvalue weighted by molar-refractivity contribution is 5.36. The van der Waals surface area contributed by atoms with Gasteiger partial charge in [-0.2, -0.15) is 4.39 Å². The van der Waals surface area contributed by atoms with Gasteiger partial charge in [0.25, 0.3) is 0 Å². The van der Waals surface area contributed by atoms with Crippen LogP contribution in [0.15, 0.2) is 42.5 Å². The van der Waals surface area contributed by atoms with E-state index < -0.39 is 16.4 Å². The number of rotatable bonds is 5. The Balaban J connectivity index is 2.08. The van der Waals surface area contributed by atoms with Gasteiger partial charge in [-0.25, -0.2) is 4.39 Å². The molecule has 2 aromatic carbocycles. The number of nitrogens with one attached hydrogen (secondary N) is 1. The summed E-state index contributed by atoms with van der Waals surface area (Å²) in [4.78, 5) is 9.93. The molecular weight excluding hydrogens is 278 g/mol. The topological polar surface area (TPSA) is 55.2 Å². The van der Waals surface area contributed by atoms with E-state index in [1.807, 2.05) is 6.92 Å². The number of benzene rings is 2. The van der Waals surface area contributed by atoms with E-state index in [-0.39, 0.29) is 24.0 Å². The van der Waals surface area contributed by atoms with Crippen LogP contribution in [0.2, 0.25) is 0 Å². The predicted octanol–water partition coefficient (Wildman–Crippen LogP) is 3.72. The van der Waals surface area contributed by atoms with E-state index in [4.69, 9.17) is 0 Å². The Bertz CT molecular complexity index is 645. The minimum Gasteiger partial charge on any atom is -0.306 e. The Kier molecular flexibility index (Phi) is 4.59. The minimum atomic E-state index is -0.832. The number of hydrogen-bond donors (Lipinski definition) is 1. The number of nitrogens with zero attached hydrogens (tertiary/aromatic N) is 1. The van der Waals surface area contributed by atoms with E-state index in [1.165, 1.54) is 24.3 Å². The summed E-state index contributed by atoms with van der Waals surface area (Å²) in [5, 5.41) is 13.7. The van der Waals surface area contributed by atoms with Gasteiger partial charge in [-0.1, -0.05) is 24.3 Å². The molecular formula is C15H14F2N2O2. The van der Waals surface area contributed by atoms with Gasteiger partial charge >= 0.3 is 5.69 Å². The number of nitro groups is 1. The van der Waals surface area contributed by atoms with Gasteiger partial charge in [0.1, 0.15) is 5.82 Å². The third-order valence-corrected chi connectivity index (χ3v) is 3.22. The third-order valence-electron chi connectivity index (χ3n) is 3.22. The van der Waals surface area contributed by atoms with E-state index in [2.05, 4.69) is 5.32 Å². The van der Waals surface area contributed by atoms with Crippen molar-refractivity contribution in [3.8, 4) is 0 Å². The second-order valence-electron chi connectivity index (χ2n) is 4.66. The highest BCUT2D eigenvalue weighted by Gasteiger charge is 2.17. The van der Waals surface area contributed by atoms with Crippen LogP contribution in [-0.4, -0.2) is 4.92 Å². The van der Waals surface area contributed by atoms with E-state index in [0.29, 0.717) is 0 Å². The monoisotopic (exact) mass is 292 g/mol. The number of hydrogen-bond acceptors (Lipinski definition) is 3. The van der Waals surface area contributed by atoms with Crippen molar-refractivity contribution in [3.63, 3.8) is 0 Å². The van der Waals surface area contributed by atoms with Gasteiger partial charge in [-0.05, 0) is 24.6 Å². The SMILES string of the molecule is C[C@@H](NCc1cccc([N+](=O)[O-])c1F)c1ccc(F)cc1. The summed E-state index contributed by atoms with van der Waals surface area (Å²) < 4.78 is 26.7. The summed E-state index contributed by atoms with van der Waals surface area (Å²) >= 11 is 0. The molecule has 0 saturated heterocycles. The first-order chi connectivity index (χ1) is 9.99. The van der Waals surface area contributed by atoms with E-state index >= 15 is 0 Å². The smallest absolute Gasteiger partial charge is 0.305 e. The zero-order valence-electron chi connectivity index (χ0n) is 11.3. The van der Waals surface area contributed by atoms with Crippen molar-refractivity contribution in [1.82, 2.24) is 5.32 Å². The third kappa shape index (κ3) is 3.61. The quantitative estimate of drug-likeness (QED) is 0.675. The first-order valence-electron chi connectivity index (χ1n) is 6.39. The molecule has 21 heavy (non-hydrogen) atoms. The van der Waals surface area contributed by atoms with E-state index in [1.54, 1.807) is 12.1 Å². The molecule has 2 aromatic rings. The Morgan fingerprint density at radius 1 is 1.19 bits per heavy atom. The standard InChI is InChI=1S/C15H14F2N2O2/c1-10(11-5-7-13(16)8-6-11)18-9-12-3-2-4-14(15(12)17)19(20)21/h2-8,10,18H,9H2,1H3/t10-/m1/s1. The molecule has 4 nitrogen and oxygen atoms in total. The molecule has 0 amide bonds. The Hall–Kier alpha value is -2.34. The second-order valence-corrected chi connectivity index (χ2v) is 4.66. The first kappa shape index (κ1) is 15.1. The summed E-state index contributed by atoms with van der Waals surface area (Å²) in [6.45, 7) is 1.99. The molecule has 1 atom stereocenters. The van der Waals surface area contributed by atoms with Crippen LogP contribution in [0.5, 0.6) is 0 Å². The largest absolute Gasteiger partial charge is 0.306 e. The fourth-order valence-corrected chi connectivity index (χ4v) is 1.98. The van der Waals surface area contributed by atoms with Crippen LogP contribution in [0.4, 0.5) is 14.5 Å². The van der Waals surface area contributed by atoms with Crippen molar-refractivity contribution >= 4 is 5.69 Å². The summed E-state index contributed by atoms with van der Waals surface area (Å²) in [7, 11) is 0. The molecule has 0 radical (unpaired) electrons. The normalized spacial score (nSPS) is 12.1. The molecule has 110 valence electrons. The van der Waals surface area contributed by atoms with Crippen LogP contribution in [0, 0.1) is 21.7 Å². The van der Waals surface area contributed by atoms with Gasteiger partial charge in [-0.15, -0.1) is 0 Å². The highest BCUT2D eigenvalue weighted by atomic mass is 19.1. The average molecular weight is 292 g/mol. The maximum absolute atomic E-state index is 13.9. The molecule has 0 unspecified atom stereocenters. The molecule has 0 heterocycles. The van der Waals surface area contributed by atoms with Crippen molar-refractivity contribution in [3.05, 3.63) is 75.3 Å². The fourth-order valence-electron chi connectivity index (χ4n) is 1.98. The second kappa shape index (κ2) is 6.41. The van der Waals surface area contributed by atoms with Gasteiger partial charge in [0.2, 0.25) is 5.82 Å². The molecule has 0 spiro atoms. The van der Waals surface area contributed by atoms with Crippen LogP contribution in [0.25, 0.3) is 0 Å². The number of halogens is 2. The van der Waals surface area contributed by atoms with Crippen molar-refractivity contribution in [2.75, 3.05) is 0 Å². The summed E-state index contributed by atoms with van der Waals surface area (Å²) in [6, 6.07) is 9.90. The van der Waals surface area contributed by atoms with Crippen LogP contribution >= 0.6 is 0 Å². The molecule has 1 N–H and O–H groups in total. The van der Waals surface area contributed by atoms with Gasteiger partial charge in [0.15, 0.2) is 0 Å². The molecule has 2 rings (SSSR count). The van der Waals surface area contributed by atoms with Gasteiger partial charge in [0.05, 0.1) is 4.92 Å². The summed E-state index contributed by atoms with van der Waals surface area (Å²) in [5.41, 5.74) is 0.532. The van der Waals surface area contributed by atoms with E-state index in [0.717, 1.165) is 11.6 Å². The predicted molar refractivity (Wildman–Crippen MR) is 74.7 cm³/mol. The highest BCUT2D eigenvalue weighted by Crippen LogP contribution is 2.21. The fraction of sp³-hybridized carbons (Fsp3) is 0.200. The molecule has 0 aromatic heterocycles. The molecule has 0 aliphatic carbocycles. The molecule has 0 aliphatic rings. The molecule has 0 saturated carbocycles. The zero-order chi connectivity index (χ0) is 15.4. The van der Waals surface area contributed by atoms with Crippen molar-refractivity contribution in [1.29, 1.82) is 0 Å². The van der Waals surface area contributed by atoms with E-state index in [9.17, 15) is 18.9 Å². The maximum atomic E-state index is 13.9. The molecule has 0 fully saturated rings. The van der Waals surface area contributed by atoms with Gasteiger partial charge in [0, 0.05) is 24.2 Å². The Morgan fingerprint density at radius 3 is 2.48 bits per heavy atom. The molecule has 0 aliphatic heterocycles. The van der Waals surface area contributed by atoms with Crippen LogP contribution in [0.3, 0.4) is 0 Å². The Labute approximate surface area is 120 Å². The lowest BCUT2D eigenvalue weighted by Gasteiger charge is -2.14. The lowest BCUT2D eigenvalue weighted by Crippen LogP contribution is -2.19. The Morgan fingerprint density at radius 2 is 1.86 bits per heavy atom. The van der Waals surface area contributed by atoms with Crippen LogP contribution in [0.1, 0.15) is 24.1 Å². The number of nitro benzene ring substituents is 1. The average Bonchev–Trinajstić information content (AvgIpc) is 2.46.